The first-order valence-electron chi connectivity index (χ1n) is 8.91. The molecule has 4 heteroatoms. The molecule has 1 amide bonds. The number of para-hydroxylation sites is 1. The van der Waals surface area contributed by atoms with E-state index in [9.17, 15) is 4.79 Å². The summed E-state index contributed by atoms with van der Waals surface area (Å²) in [5.74, 6) is 0.423. The number of rotatable bonds is 6. The minimum Gasteiger partial charge on any atom is -0.479 e. The number of benzene rings is 2. The number of fused-ring (bicyclic) bond motifs is 1. The van der Waals surface area contributed by atoms with Crippen molar-refractivity contribution in [1.29, 1.82) is 0 Å². The average molecular weight is 358 g/mol. The van der Waals surface area contributed by atoms with Crippen LogP contribution in [0.2, 0.25) is 5.02 Å². The Balaban J connectivity index is 1.66. The van der Waals surface area contributed by atoms with Gasteiger partial charge >= 0.3 is 0 Å². The molecule has 0 radical (unpaired) electrons. The van der Waals surface area contributed by atoms with Crippen LogP contribution in [0.5, 0.6) is 5.75 Å². The molecule has 25 heavy (non-hydrogen) atoms. The van der Waals surface area contributed by atoms with E-state index in [0.29, 0.717) is 17.2 Å². The number of ether oxygens (including phenoxy) is 1. The van der Waals surface area contributed by atoms with Gasteiger partial charge in [-0.25, -0.2) is 0 Å². The zero-order valence-corrected chi connectivity index (χ0v) is 15.5. The van der Waals surface area contributed by atoms with Gasteiger partial charge in [0.25, 0.3) is 5.91 Å². The van der Waals surface area contributed by atoms with E-state index in [2.05, 4.69) is 23.5 Å². The second-order valence-electron chi connectivity index (χ2n) is 6.56. The summed E-state index contributed by atoms with van der Waals surface area (Å²) in [5, 5.41) is 3.59. The van der Waals surface area contributed by atoms with Gasteiger partial charge in [0.05, 0.1) is 11.1 Å². The second kappa shape index (κ2) is 7.92. The Hall–Kier alpha value is -2.00. The highest BCUT2D eigenvalue weighted by molar-refractivity contribution is 6.32. The lowest BCUT2D eigenvalue weighted by atomic mass is 10.0. The zero-order valence-electron chi connectivity index (χ0n) is 14.7. The van der Waals surface area contributed by atoms with E-state index in [1.54, 1.807) is 12.1 Å². The van der Waals surface area contributed by atoms with Gasteiger partial charge in [0.1, 0.15) is 5.75 Å². The number of halogens is 1. The number of hydrogen-bond donors (Lipinski definition) is 1. The van der Waals surface area contributed by atoms with Gasteiger partial charge in [-0.3, -0.25) is 4.79 Å². The van der Waals surface area contributed by atoms with E-state index < -0.39 is 6.10 Å². The molecule has 1 aliphatic rings. The van der Waals surface area contributed by atoms with E-state index in [-0.39, 0.29) is 11.9 Å². The summed E-state index contributed by atoms with van der Waals surface area (Å²) in [7, 11) is 0. The fourth-order valence-electron chi connectivity index (χ4n) is 3.27. The molecule has 0 unspecified atom stereocenters. The molecule has 0 heterocycles. The lowest BCUT2D eigenvalue weighted by molar-refractivity contribution is -0.128. The van der Waals surface area contributed by atoms with E-state index in [1.165, 1.54) is 24.0 Å². The Morgan fingerprint density at radius 1 is 1.20 bits per heavy atom. The van der Waals surface area contributed by atoms with Crippen molar-refractivity contribution < 1.29 is 9.53 Å². The highest BCUT2D eigenvalue weighted by Gasteiger charge is 2.22. The second-order valence-corrected chi connectivity index (χ2v) is 6.96. The van der Waals surface area contributed by atoms with E-state index in [0.717, 1.165) is 12.0 Å². The predicted octanol–water partition coefficient (Wildman–Crippen LogP) is 4.86. The molecule has 0 bridgehead atoms. The average Bonchev–Trinajstić information content (AvgIpc) is 3.08. The number of nitrogens with one attached hydrogen (secondary N) is 1. The minimum atomic E-state index is -0.559. The van der Waals surface area contributed by atoms with E-state index in [1.807, 2.05) is 26.0 Å². The molecule has 0 aromatic heterocycles. The highest BCUT2D eigenvalue weighted by atomic mass is 35.5. The van der Waals surface area contributed by atoms with Crippen LogP contribution in [0.3, 0.4) is 0 Å². The molecule has 132 valence electrons. The van der Waals surface area contributed by atoms with Crippen LogP contribution < -0.4 is 10.1 Å². The van der Waals surface area contributed by atoms with Crippen LogP contribution in [0.15, 0.2) is 42.5 Å². The van der Waals surface area contributed by atoms with Crippen LogP contribution in [0.25, 0.3) is 0 Å². The monoisotopic (exact) mass is 357 g/mol. The normalized spacial score (nSPS) is 15.3. The molecule has 0 spiro atoms. The molecule has 1 N–H and O–H groups in total. The maximum atomic E-state index is 12.6. The van der Waals surface area contributed by atoms with Crippen molar-refractivity contribution in [1.82, 2.24) is 5.32 Å². The lowest BCUT2D eigenvalue weighted by Crippen LogP contribution is -2.39. The molecular weight excluding hydrogens is 334 g/mol. The van der Waals surface area contributed by atoms with Gasteiger partial charge in [-0.05, 0) is 61.4 Å². The van der Waals surface area contributed by atoms with Crippen molar-refractivity contribution in [2.24, 2.45) is 0 Å². The highest BCUT2D eigenvalue weighted by Crippen LogP contribution is 2.27. The van der Waals surface area contributed by atoms with Gasteiger partial charge in [0.2, 0.25) is 0 Å². The van der Waals surface area contributed by atoms with Crippen LogP contribution in [0.4, 0.5) is 0 Å². The smallest absolute Gasteiger partial charge is 0.261 e. The molecule has 2 atom stereocenters. The van der Waals surface area contributed by atoms with Crippen LogP contribution in [0, 0.1) is 0 Å². The van der Waals surface area contributed by atoms with Crippen LogP contribution in [-0.2, 0) is 17.6 Å². The van der Waals surface area contributed by atoms with Crippen molar-refractivity contribution in [3.8, 4) is 5.75 Å². The van der Waals surface area contributed by atoms with Crippen molar-refractivity contribution in [3.05, 3.63) is 64.2 Å². The number of aryl methyl sites for hydroxylation is 2. The minimum absolute atomic E-state index is 0.0534. The van der Waals surface area contributed by atoms with Crippen LogP contribution in [-0.4, -0.2) is 12.0 Å². The fraction of sp³-hybridized carbons (Fsp3) is 0.381. The molecule has 0 saturated heterocycles. The molecule has 2 aromatic rings. The van der Waals surface area contributed by atoms with Gasteiger partial charge in [0.15, 0.2) is 6.10 Å². The fourth-order valence-corrected chi connectivity index (χ4v) is 3.45. The van der Waals surface area contributed by atoms with Crippen molar-refractivity contribution in [3.63, 3.8) is 0 Å². The lowest BCUT2D eigenvalue weighted by Gasteiger charge is -2.21. The van der Waals surface area contributed by atoms with Crippen molar-refractivity contribution in [2.45, 2.75) is 51.7 Å². The van der Waals surface area contributed by atoms with Gasteiger partial charge in [-0.2, -0.15) is 0 Å². The van der Waals surface area contributed by atoms with Crippen LogP contribution >= 0.6 is 11.6 Å². The zero-order chi connectivity index (χ0) is 17.8. The Morgan fingerprint density at radius 2 is 1.96 bits per heavy atom. The number of carbonyl (C=O) groups excluding carboxylic acids is 1. The molecule has 2 aromatic carbocycles. The number of carbonyl (C=O) groups is 1. The first-order valence-corrected chi connectivity index (χ1v) is 9.29. The maximum absolute atomic E-state index is 12.6. The van der Waals surface area contributed by atoms with Gasteiger partial charge < -0.3 is 10.1 Å². The first-order chi connectivity index (χ1) is 12.1. The Labute approximate surface area is 154 Å². The Bertz CT molecular complexity index is 759. The Morgan fingerprint density at radius 3 is 2.72 bits per heavy atom. The predicted molar refractivity (Wildman–Crippen MR) is 101 cm³/mol. The third kappa shape index (κ3) is 4.16. The SMILES string of the molecule is CC[C@@H](Oc1ccccc1Cl)C(=O)N[C@H](C)c1ccc2c(c1)CCC2. The topological polar surface area (TPSA) is 38.3 Å². The molecule has 1 aliphatic carbocycles. The summed E-state index contributed by atoms with van der Waals surface area (Å²) in [6, 6.07) is 13.7. The summed E-state index contributed by atoms with van der Waals surface area (Å²) in [6.45, 7) is 3.94. The largest absolute Gasteiger partial charge is 0.479 e. The third-order valence-corrected chi connectivity index (χ3v) is 5.06. The van der Waals surface area contributed by atoms with Crippen LogP contribution in [0.1, 0.15) is 49.4 Å². The summed E-state index contributed by atoms with van der Waals surface area (Å²) < 4.78 is 5.82. The van der Waals surface area contributed by atoms with Gasteiger partial charge in [-0.15, -0.1) is 0 Å². The molecule has 3 nitrogen and oxygen atoms in total. The molecule has 3 rings (SSSR count). The van der Waals surface area contributed by atoms with Gasteiger partial charge in [0, 0.05) is 0 Å². The van der Waals surface area contributed by atoms with E-state index in [4.69, 9.17) is 16.3 Å². The summed E-state index contributed by atoms with van der Waals surface area (Å²) >= 11 is 6.13. The molecule has 0 fully saturated rings. The first kappa shape index (κ1) is 17.8. The summed E-state index contributed by atoms with van der Waals surface area (Å²) in [4.78, 5) is 12.6. The van der Waals surface area contributed by atoms with E-state index >= 15 is 0 Å². The maximum Gasteiger partial charge on any atom is 0.261 e. The molecule has 0 aliphatic heterocycles. The summed E-state index contributed by atoms with van der Waals surface area (Å²) in [6.07, 6.45) is 3.55. The molecular formula is C21H24ClNO2. The third-order valence-electron chi connectivity index (χ3n) is 4.75. The van der Waals surface area contributed by atoms with Gasteiger partial charge in [-0.1, -0.05) is 48.9 Å². The quantitative estimate of drug-likeness (QED) is 0.801. The number of amides is 1. The Kier molecular flexibility index (Phi) is 5.64. The van der Waals surface area contributed by atoms with Crippen molar-refractivity contribution in [2.75, 3.05) is 0 Å². The number of hydrogen-bond acceptors (Lipinski definition) is 2. The standard InChI is InChI=1S/C21H24ClNO2/c1-3-19(25-20-10-5-4-9-18(20)22)21(24)23-14(2)16-12-11-15-7-6-8-17(15)13-16/h4-5,9-14,19H,3,6-8H2,1-2H3,(H,23,24)/t14-,19-/m1/s1. The summed E-state index contributed by atoms with van der Waals surface area (Å²) in [5.41, 5.74) is 4.00. The molecule has 0 saturated carbocycles. The van der Waals surface area contributed by atoms with Crippen molar-refractivity contribution >= 4 is 17.5 Å².